The molecule has 0 spiro atoms. The van der Waals surface area contributed by atoms with Crippen molar-refractivity contribution in [1.29, 1.82) is 0 Å². The minimum absolute atomic E-state index is 0.0529. The van der Waals surface area contributed by atoms with Crippen molar-refractivity contribution in [2.75, 3.05) is 20.3 Å². The fourth-order valence-electron chi connectivity index (χ4n) is 2.90. The molecule has 1 aromatic heterocycles. The third kappa shape index (κ3) is 4.94. The Hall–Kier alpha value is -3.32. The summed E-state index contributed by atoms with van der Waals surface area (Å²) in [6, 6.07) is 14.6. The Kier molecular flexibility index (Phi) is 6.86. The molecule has 7 nitrogen and oxygen atoms in total. The average Bonchev–Trinajstić information content (AvgIpc) is 3.13. The second-order valence-electron chi connectivity index (χ2n) is 6.21. The Labute approximate surface area is 168 Å². The van der Waals surface area contributed by atoms with Gasteiger partial charge in [-0.05, 0) is 19.1 Å². The minimum atomic E-state index is -0.705. The van der Waals surface area contributed by atoms with Gasteiger partial charge in [0.1, 0.15) is 11.3 Å². The van der Waals surface area contributed by atoms with Crippen LogP contribution in [0.25, 0.3) is 11.0 Å². The summed E-state index contributed by atoms with van der Waals surface area (Å²) >= 11 is 0. The molecule has 0 aliphatic carbocycles. The van der Waals surface area contributed by atoms with Crippen LogP contribution < -0.4 is 10.1 Å². The number of fused-ring (bicyclic) bond motifs is 1. The van der Waals surface area contributed by atoms with Crippen LogP contribution in [-0.2, 0) is 27.4 Å². The highest BCUT2D eigenvalue weighted by atomic mass is 16.5. The van der Waals surface area contributed by atoms with Crippen LogP contribution in [0.2, 0.25) is 0 Å². The number of nitrogens with one attached hydrogen (secondary N) is 1. The largest absolute Gasteiger partial charge is 0.496 e. The first-order chi connectivity index (χ1) is 14.1. The van der Waals surface area contributed by atoms with Gasteiger partial charge in [0.15, 0.2) is 6.61 Å². The minimum Gasteiger partial charge on any atom is -0.496 e. The highest BCUT2D eigenvalue weighted by molar-refractivity contribution is 5.96. The SMILES string of the molecule is CCOCc1c(C(=O)OCC(=O)NCc2ccccc2OC)oc2ccccc12. The Bertz CT molecular complexity index is 994. The van der Waals surface area contributed by atoms with E-state index in [2.05, 4.69) is 5.32 Å². The molecule has 1 heterocycles. The summed E-state index contributed by atoms with van der Waals surface area (Å²) in [6.07, 6.45) is 0. The molecule has 0 bridgehead atoms. The first-order valence-corrected chi connectivity index (χ1v) is 9.28. The van der Waals surface area contributed by atoms with Crippen LogP contribution in [-0.4, -0.2) is 32.2 Å². The van der Waals surface area contributed by atoms with Crippen LogP contribution in [0.3, 0.4) is 0 Å². The number of para-hydroxylation sites is 2. The predicted octanol–water partition coefficient (Wildman–Crippen LogP) is 3.45. The summed E-state index contributed by atoms with van der Waals surface area (Å²) < 4.78 is 21.5. The summed E-state index contributed by atoms with van der Waals surface area (Å²) in [7, 11) is 1.57. The van der Waals surface area contributed by atoms with Crippen molar-refractivity contribution in [3.8, 4) is 5.75 Å². The van der Waals surface area contributed by atoms with E-state index in [1.54, 1.807) is 13.2 Å². The standard InChI is InChI=1S/C22H23NO6/c1-3-27-13-17-16-9-5-7-11-19(16)29-21(17)22(25)28-14-20(24)23-12-15-8-4-6-10-18(15)26-2/h4-11H,3,12-14H2,1-2H3,(H,23,24). The second kappa shape index (κ2) is 9.75. The molecular formula is C22H23NO6. The zero-order chi connectivity index (χ0) is 20.6. The molecule has 0 aliphatic rings. The molecule has 0 atom stereocenters. The molecular weight excluding hydrogens is 374 g/mol. The number of ether oxygens (including phenoxy) is 3. The summed E-state index contributed by atoms with van der Waals surface area (Å²) in [4.78, 5) is 24.6. The lowest BCUT2D eigenvalue weighted by molar-refractivity contribution is -0.124. The number of hydrogen-bond acceptors (Lipinski definition) is 6. The Morgan fingerprint density at radius 1 is 1.07 bits per heavy atom. The number of carbonyl (C=O) groups excluding carboxylic acids is 2. The summed E-state index contributed by atoms with van der Waals surface area (Å²) in [6.45, 7) is 2.43. The topological polar surface area (TPSA) is 87.0 Å². The highest BCUT2D eigenvalue weighted by Gasteiger charge is 2.22. The van der Waals surface area contributed by atoms with E-state index in [1.165, 1.54) is 0 Å². The van der Waals surface area contributed by atoms with Gasteiger partial charge in [-0.3, -0.25) is 4.79 Å². The van der Waals surface area contributed by atoms with E-state index in [0.29, 0.717) is 23.5 Å². The van der Waals surface area contributed by atoms with Crippen molar-refractivity contribution in [3.05, 3.63) is 65.4 Å². The molecule has 2 aromatic carbocycles. The lowest BCUT2D eigenvalue weighted by Crippen LogP contribution is -2.28. The molecule has 3 aromatic rings. The first kappa shape index (κ1) is 20.4. The van der Waals surface area contributed by atoms with E-state index in [9.17, 15) is 9.59 Å². The number of hydrogen-bond donors (Lipinski definition) is 1. The van der Waals surface area contributed by atoms with Gasteiger partial charge in [0.25, 0.3) is 5.91 Å². The molecule has 29 heavy (non-hydrogen) atoms. The van der Waals surface area contributed by atoms with E-state index in [4.69, 9.17) is 18.6 Å². The Morgan fingerprint density at radius 2 is 1.83 bits per heavy atom. The van der Waals surface area contributed by atoms with E-state index in [1.807, 2.05) is 49.4 Å². The van der Waals surface area contributed by atoms with Gasteiger partial charge in [0, 0.05) is 29.7 Å². The van der Waals surface area contributed by atoms with Gasteiger partial charge in [-0.25, -0.2) is 4.79 Å². The van der Waals surface area contributed by atoms with Gasteiger partial charge in [-0.15, -0.1) is 0 Å². The molecule has 3 rings (SSSR count). The number of benzene rings is 2. The molecule has 152 valence electrons. The molecule has 7 heteroatoms. The van der Waals surface area contributed by atoms with Gasteiger partial charge in [-0.1, -0.05) is 36.4 Å². The number of furan rings is 1. The molecule has 0 unspecified atom stereocenters. The number of carbonyl (C=O) groups is 2. The average molecular weight is 397 g/mol. The van der Waals surface area contributed by atoms with E-state index >= 15 is 0 Å². The monoisotopic (exact) mass is 397 g/mol. The zero-order valence-corrected chi connectivity index (χ0v) is 16.4. The van der Waals surface area contributed by atoms with Crippen LogP contribution in [0.5, 0.6) is 5.75 Å². The third-order valence-corrected chi connectivity index (χ3v) is 4.34. The first-order valence-electron chi connectivity index (χ1n) is 9.28. The molecule has 0 aliphatic heterocycles. The fraction of sp³-hybridized carbons (Fsp3) is 0.273. The summed E-state index contributed by atoms with van der Waals surface area (Å²) in [5.41, 5.74) is 2.00. The Balaban J connectivity index is 1.62. The van der Waals surface area contributed by atoms with Gasteiger partial charge in [0.2, 0.25) is 5.76 Å². The molecule has 1 N–H and O–H groups in total. The maximum Gasteiger partial charge on any atom is 0.375 e. The van der Waals surface area contributed by atoms with Crippen molar-refractivity contribution < 1.29 is 28.2 Å². The van der Waals surface area contributed by atoms with Crippen LogP contribution in [0.15, 0.2) is 52.9 Å². The van der Waals surface area contributed by atoms with Crippen molar-refractivity contribution in [2.45, 2.75) is 20.1 Å². The lowest BCUT2D eigenvalue weighted by atomic mass is 10.1. The fourth-order valence-corrected chi connectivity index (χ4v) is 2.90. The van der Waals surface area contributed by atoms with Gasteiger partial charge < -0.3 is 23.9 Å². The number of rotatable bonds is 9. The summed E-state index contributed by atoms with van der Waals surface area (Å²) in [5, 5.41) is 3.49. The lowest BCUT2D eigenvalue weighted by Gasteiger charge is -2.10. The van der Waals surface area contributed by atoms with Crippen molar-refractivity contribution >= 4 is 22.8 Å². The van der Waals surface area contributed by atoms with E-state index in [-0.39, 0.29) is 18.9 Å². The van der Waals surface area contributed by atoms with Crippen LogP contribution in [0.4, 0.5) is 0 Å². The van der Waals surface area contributed by atoms with Crippen molar-refractivity contribution in [2.24, 2.45) is 0 Å². The number of esters is 1. The molecule has 0 saturated heterocycles. The van der Waals surface area contributed by atoms with E-state index < -0.39 is 18.5 Å². The van der Waals surface area contributed by atoms with Gasteiger partial charge in [0.05, 0.1) is 13.7 Å². The van der Waals surface area contributed by atoms with E-state index in [0.717, 1.165) is 10.9 Å². The quantitative estimate of drug-likeness (QED) is 0.557. The number of amides is 1. The smallest absolute Gasteiger partial charge is 0.375 e. The van der Waals surface area contributed by atoms with Crippen LogP contribution in [0.1, 0.15) is 28.6 Å². The summed E-state index contributed by atoms with van der Waals surface area (Å²) in [5.74, 6) is -0.403. The van der Waals surface area contributed by atoms with Crippen LogP contribution in [0, 0.1) is 0 Å². The normalized spacial score (nSPS) is 10.7. The number of methoxy groups -OCH3 is 1. The van der Waals surface area contributed by atoms with Crippen LogP contribution >= 0.6 is 0 Å². The molecule has 0 radical (unpaired) electrons. The predicted molar refractivity (Wildman–Crippen MR) is 107 cm³/mol. The zero-order valence-electron chi connectivity index (χ0n) is 16.4. The maximum absolute atomic E-state index is 12.5. The van der Waals surface area contributed by atoms with Gasteiger partial charge in [-0.2, -0.15) is 0 Å². The second-order valence-corrected chi connectivity index (χ2v) is 6.21. The van der Waals surface area contributed by atoms with Crippen molar-refractivity contribution in [3.63, 3.8) is 0 Å². The third-order valence-electron chi connectivity index (χ3n) is 4.34. The highest BCUT2D eigenvalue weighted by Crippen LogP contribution is 2.27. The molecule has 0 saturated carbocycles. The van der Waals surface area contributed by atoms with Crippen molar-refractivity contribution in [1.82, 2.24) is 5.32 Å². The Morgan fingerprint density at radius 3 is 2.62 bits per heavy atom. The molecule has 1 amide bonds. The van der Waals surface area contributed by atoms with Gasteiger partial charge >= 0.3 is 5.97 Å². The maximum atomic E-state index is 12.5. The molecule has 0 fully saturated rings.